The van der Waals surface area contributed by atoms with E-state index in [9.17, 15) is 9.59 Å². The molecule has 1 saturated carbocycles. The van der Waals surface area contributed by atoms with Gasteiger partial charge in [0.05, 0.1) is 5.69 Å². The number of unbranched alkanes of at least 4 members (excludes halogenated alkanes) is 1. The van der Waals surface area contributed by atoms with Crippen molar-refractivity contribution >= 4 is 17.4 Å². The van der Waals surface area contributed by atoms with Crippen LogP contribution in [0.25, 0.3) is 11.3 Å². The molecule has 2 N–H and O–H groups in total. The van der Waals surface area contributed by atoms with Gasteiger partial charge in [0.2, 0.25) is 0 Å². The molecule has 32 heavy (non-hydrogen) atoms. The Morgan fingerprint density at radius 2 is 1.94 bits per heavy atom. The van der Waals surface area contributed by atoms with Crippen LogP contribution in [0.3, 0.4) is 0 Å². The summed E-state index contributed by atoms with van der Waals surface area (Å²) in [7, 11) is 1.74. The van der Waals surface area contributed by atoms with E-state index in [0.29, 0.717) is 23.1 Å². The van der Waals surface area contributed by atoms with Crippen molar-refractivity contribution in [3.8, 4) is 11.3 Å². The molecule has 0 saturated heterocycles. The van der Waals surface area contributed by atoms with E-state index >= 15 is 0 Å². The summed E-state index contributed by atoms with van der Waals surface area (Å²) in [4.78, 5) is 30.2. The summed E-state index contributed by atoms with van der Waals surface area (Å²) in [5.41, 5.74) is 4.88. The van der Waals surface area contributed by atoms with E-state index in [0.717, 1.165) is 54.5 Å². The lowest BCUT2D eigenvalue weighted by atomic mass is 10.0. The molecule has 1 amide bonds. The second kappa shape index (κ2) is 9.39. The molecular weight excluding hydrogens is 400 g/mol. The third-order valence-corrected chi connectivity index (χ3v) is 5.91. The topological polar surface area (TPSA) is 76.0 Å². The Hall–Kier alpha value is -3.41. The molecule has 166 valence electrons. The molecular formula is C26H30N4O2. The van der Waals surface area contributed by atoms with Crippen molar-refractivity contribution in [2.75, 3.05) is 10.6 Å². The van der Waals surface area contributed by atoms with Crippen LogP contribution in [-0.2, 0) is 13.5 Å². The van der Waals surface area contributed by atoms with Crippen LogP contribution < -0.4 is 16.2 Å². The van der Waals surface area contributed by atoms with Gasteiger partial charge in [-0.2, -0.15) is 0 Å². The molecule has 6 heteroatoms. The van der Waals surface area contributed by atoms with Crippen molar-refractivity contribution < 1.29 is 4.79 Å². The Balaban J connectivity index is 1.63. The SMILES string of the molecule is CCCCc1ccccc1C(=O)Nc1cccc(-c2cn(C)c(=O)c(NC3CC3)n2)c1C. The molecule has 1 aliphatic rings. The number of carbonyl (C=O) groups is 1. The van der Waals surface area contributed by atoms with E-state index in [-0.39, 0.29) is 11.5 Å². The van der Waals surface area contributed by atoms with Crippen molar-refractivity contribution in [3.05, 3.63) is 75.7 Å². The average molecular weight is 431 g/mol. The number of carbonyl (C=O) groups excluding carboxylic acids is 1. The van der Waals surface area contributed by atoms with Gasteiger partial charge in [-0.05, 0) is 55.9 Å². The maximum Gasteiger partial charge on any atom is 0.293 e. The molecule has 4 rings (SSSR count). The molecule has 2 aromatic carbocycles. The smallest absolute Gasteiger partial charge is 0.293 e. The van der Waals surface area contributed by atoms with Gasteiger partial charge in [-0.25, -0.2) is 4.98 Å². The third kappa shape index (κ3) is 4.74. The lowest BCUT2D eigenvalue weighted by Gasteiger charge is -2.15. The van der Waals surface area contributed by atoms with Gasteiger partial charge in [-0.3, -0.25) is 9.59 Å². The van der Waals surface area contributed by atoms with Gasteiger partial charge in [0, 0.05) is 36.1 Å². The maximum atomic E-state index is 13.1. The summed E-state index contributed by atoms with van der Waals surface area (Å²) < 4.78 is 1.56. The molecule has 0 aliphatic heterocycles. The lowest BCUT2D eigenvalue weighted by molar-refractivity contribution is 0.102. The maximum absolute atomic E-state index is 13.1. The monoisotopic (exact) mass is 430 g/mol. The predicted octanol–water partition coefficient (Wildman–Crippen LogP) is 4.92. The first-order chi connectivity index (χ1) is 15.5. The number of hydrogen-bond donors (Lipinski definition) is 2. The zero-order valence-electron chi connectivity index (χ0n) is 18.9. The molecule has 1 aliphatic carbocycles. The fourth-order valence-corrected chi connectivity index (χ4v) is 3.82. The number of rotatable bonds is 8. The zero-order chi connectivity index (χ0) is 22.7. The number of amides is 1. The van der Waals surface area contributed by atoms with Gasteiger partial charge < -0.3 is 15.2 Å². The molecule has 1 heterocycles. The van der Waals surface area contributed by atoms with Crippen molar-refractivity contribution in [1.82, 2.24) is 9.55 Å². The van der Waals surface area contributed by atoms with Gasteiger partial charge in [-0.15, -0.1) is 0 Å². The molecule has 0 bridgehead atoms. The number of nitrogens with zero attached hydrogens (tertiary/aromatic N) is 2. The van der Waals surface area contributed by atoms with E-state index < -0.39 is 0 Å². The van der Waals surface area contributed by atoms with Crippen LogP contribution in [0.5, 0.6) is 0 Å². The number of benzene rings is 2. The molecule has 1 aromatic heterocycles. The van der Waals surface area contributed by atoms with E-state index in [2.05, 4.69) is 22.5 Å². The quantitative estimate of drug-likeness (QED) is 0.532. The van der Waals surface area contributed by atoms with Gasteiger partial charge in [0.1, 0.15) is 0 Å². The summed E-state index contributed by atoms with van der Waals surface area (Å²) >= 11 is 0. The van der Waals surface area contributed by atoms with Gasteiger partial charge in [-0.1, -0.05) is 43.7 Å². The minimum absolute atomic E-state index is 0.110. The number of nitrogens with one attached hydrogen (secondary N) is 2. The first-order valence-electron chi connectivity index (χ1n) is 11.3. The van der Waals surface area contributed by atoms with Gasteiger partial charge >= 0.3 is 0 Å². The van der Waals surface area contributed by atoms with Crippen LogP contribution in [0.15, 0.2) is 53.5 Å². The van der Waals surface area contributed by atoms with E-state index in [1.54, 1.807) is 17.8 Å². The normalized spacial score (nSPS) is 13.1. The first kappa shape index (κ1) is 21.8. The van der Waals surface area contributed by atoms with Crippen molar-refractivity contribution in [2.45, 2.75) is 52.0 Å². The highest BCUT2D eigenvalue weighted by molar-refractivity contribution is 6.06. The molecule has 3 aromatic rings. The Morgan fingerprint density at radius 1 is 1.16 bits per heavy atom. The van der Waals surface area contributed by atoms with E-state index in [4.69, 9.17) is 0 Å². The first-order valence-corrected chi connectivity index (χ1v) is 11.3. The van der Waals surface area contributed by atoms with E-state index in [1.807, 2.05) is 49.4 Å². The number of aromatic nitrogens is 2. The molecule has 1 fully saturated rings. The third-order valence-electron chi connectivity index (χ3n) is 5.91. The highest BCUT2D eigenvalue weighted by Crippen LogP contribution is 2.29. The second-order valence-corrected chi connectivity index (χ2v) is 8.50. The Kier molecular flexibility index (Phi) is 6.40. The highest BCUT2D eigenvalue weighted by atomic mass is 16.1. The van der Waals surface area contributed by atoms with Crippen LogP contribution in [0.4, 0.5) is 11.5 Å². The molecule has 0 spiro atoms. The Labute approximate surface area is 188 Å². The fraction of sp³-hybridized carbons (Fsp3) is 0.346. The summed E-state index contributed by atoms with van der Waals surface area (Å²) in [5, 5.41) is 6.32. The highest BCUT2D eigenvalue weighted by Gasteiger charge is 2.23. The van der Waals surface area contributed by atoms with Crippen LogP contribution in [0, 0.1) is 6.92 Å². The molecule has 0 radical (unpaired) electrons. The summed E-state index contributed by atoms with van der Waals surface area (Å²) in [6.45, 7) is 4.12. The molecule has 6 nitrogen and oxygen atoms in total. The Morgan fingerprint density at radius 3 is 2.69 bits per heavy atom. The van der Waals surface area contributed by atoms with Gasteiger partial charge in [0.25, 0.3) is 11.5 Å². The second-order valence-electron chi connectivity index (χ2n) is 8.50. The summed E-state index contributed by atoms with van der Waals surface area (Å²) in [6, 6.07) is 13.9. The van der Waals surface area contributed by atoms with Crippen molar-refractivity contribution in [1.29, 1.82) is 0 Å². The summed E-state index contributed by atoms with van der Waals surface area (Å²) in [5.74, 6) is 0.271. The van der Waals surface area contributed by atoms with E-state index in [1.165, 1.54) is 0 Å². The lowest BCUT2D eigenvalue weighted by Crippen LogP contribution is -2.23. The van der Waals surface area contributed by atoms with Crippen LogP contribution in [0.1, 0.15) is 54.1 Å². The van der Waals surface area contributed by atoms with Crippen LogP contribution in [-0.4, -0.2) is 21.5 Å². The number of hydrogen-bond acceptors (Lipinski definition) is 4. The van der Waals surface area contributed by atoms with Gasteiger partial charge in [0.15, 0.2) is 5.82 Å². The largest absolute Gasteiger partial charge is 0.363 e. The summed E-state index contributed by atoms with van der Waals surface area (Å²) in [6.07, 6.45) is 6.90. The fourth-order valence-electron chi connectivity index (χ4n) is 3.82. The number of anilines is 2. The van der Waals surface area contributed by atoms with Crippen LogP contribution in [0.2, 0.25) is 0 Å². The standard InChI is InChI=1S/C26H30N4O2/c1-4-5-9-18-10-6-7-11-21(18)25(31)29-22-13-8-12-20(17(22)2)23-16-30(3)26(32)24(28-23)27-19-14-15-19/h6-8,10-13,16,19H,4-5,9,14-15H2,1-3H3,(H,27,28)(H,29,31). The van der Waals surface area contributed by atoms with Crippen molar-refractivity contribution in [2.24, 2.45) is 7.05 Å². The average Bonchev–Trinajstić information content (AvgIpc) is 3.61. The Bertz CT molecular complexity index is 1190. The number of aryl methyl sites for hydroxylation is 2. The van der Waals surface area contributed by atoms with Crippen molar-refractivity contribution in [3.63, 3.8) is 0 Å². The van der Waals surface area contributed by atoms with Crippen LogP contribution >= 0.6 is 0 Å². The molecule has 0 unspecified atom stereocenters. The minimum atomic E-state index is -0.133. The predicted molar refractivity (Wildman–Crippen MR) is 129 cm³/mol. The molecule has 0 atom stereocenters. The minimum Gasteiger partial charge on any atom is -0.363 e. The zero-order valence-corrected chi connectivity index (χ0v) is 18.9.